The first-order valence-corrected chi connectivity index (χ1v) is 9.95. The summed E-state index contributed by atoms with van der Waals surface area (Å²) in [7, 11) is 4.24. The van der Waals surface area contributed by atoms with Crippen LogP contribution in [-0.4, -0.2) is 55.6 Å². The van der Waals surface area contributed by atoms with Crippen LogP contribution in [0, 0.1) is 5.82 Å². The second kappa shape index (κ2) is 8.38. The maximum atomic E-state index is 13.3. The minimum Gasteiger partial charge on any atom is -0.337 e. The molecule has 0 unspecified atom stereocenters. The van der Waals surface area contributed by atoms with Crippen LogP contribution in [0.25, 0.3) is 0 Å². The van der Waals surface area contributed by atoms with E-state index in [1.807, 2.05) is 17.0 Å². The van der Waals surface area contributed by atoms with E-state index in [-0.39, 0.29) is 17.3 Å². The first-order chi connectivity index (χ1) is 12.5. The van der Waals surface area contributed by atoms with E-state index >= 15 is 0 Å². The zero-order valence-corrected chi connectivity index (χ0v) is 16.1. The zero-order valence-electron chi connectivity index (χ0n) is 16.1. The fourth-order valence-electron chi connectivity index (χ4n) is 4.58. The molecule has 1 saturated heterocycles. The van der Waals surface area contributed by atoms with Crippen molar-refractivity contribution in [1.29, 1.82) is 0 Å². The lowest BCUT2D eigenvalue weighted by Gasteiger charge is -2.31. The van der Waals surface area contributed by atoms with Gasteiger partial charge in [-0.05, 0) is 63.9 Å². The van der Waals surface area contributed by atoms with Gasteiger partial charge in [0.2, 0.25) is 0 Å². The molecule has 0 radical (unpaired) electrons. The highest BCUT2D eigenvalue weighted by Crippen LogP contribution is 2.40. The van der Waals surface area contributed by atoms with Gasteiger partial charge in [0.25, 0.3) is 0 Å². The average molecular weight is 362 g/mol. The van der Waals surface area contributed by atoms with Crippen LogP contribution < -0.4 is 5.32 Å². The summed E-state index contributed by atoms with van der Waals surface area (Å²) in [6.07, 6.45) is 7.69. The van der Waals surface area contributed by atoms with Crippen molar-refractivity contribution in [1.82, 2.24) is 15.1 Å². The number of urea groups is 1. The van der Waals surface area contributed by atoms with Gasteiger partial charge in [-0.25, -0.2) is 9.18 Å². The number of hydrogen-bond acceptors (Lipinski definition) is 2. The maximum Gasteiger partial charge on any atom is 0.317 e. The predicted octanol–water partition coefficient (Wildman–Crippen LogP) is 3.76. The highest BCUT2D eigenvalue weighted by atomic mass is 19.1. The van der Waals surface area contributed by atoms with Gasteiger partial charge in [0, 0.05) is 31.1 Å². The second-order valence-corrected chi connectivity index (χ2v) is 8.19. The van der Waals surface area contributed by atoms with Crippen LogP contribution in [0.3, 0.4) is 0 Å². The summed E-state index contributed by atoms with van der Waals surface area (Å²) in [5.41, 5.74) is 1.11. The van der Waals surface area contributed by atoms with Gasteiger partial charge in [0.1, 0.15) is 5.82 Å². The Morgan fingerprint density at radius 3 is 2.50 bits per heavy atom. The number of hydrogen-bond donors (Lipinski definition) is 1. The Morgan fingerprint density at radius 1 is 1.15 bits per heavy atom. The molecule has 1 N–H and O–H groups in total. The first-order valence-electron chi connectivity index (χ1n) is 9.95. The van der Waals surface area contributed by atoms with Crippen molar-refractivity contribution in [3.63, 3.8) is 0 Å². The molecule has 0 spiro atoms. The number of carbonyl (C=O) groups excluding carboxylic acids is 1. The lowest BCUT2D eigenvalue weighted by atomic mass is 9.79. The summed E-state index contributed by atoms with van der Waals surface area (Å²) in [5.74, 6) is -0.203. The van der Waals surface area contributed by atoms with Crippen molar-refractivity contribution in [2.24, 2.45) is 0 Å². The van der Waals surface area contributed by atoms with Gasteiger partial charge < -0.3 is 15.1 Å². The third kappa shape index (κ3) is 4.37. The van der Waals surface area contributed by atoms with Crippen molar-refractivity contribution >= 4 is 6.03 Å². The molecule has 2 aliphatic rings. The van der Waals surface area contributed by atoms with Crippen molar-refractivity contribution in [3.8, 4) is 0 Å². The van der Waals surface area contributed by atoms with Gasteiger partial charge in [-0.2, -0.15) is 0 Å². The van der Waals surface area contributed by atoms with E-state index in [0.717, 1.165) is 50.8 Å². The third-order valence-electron chi connectivity index (χ3n) is 6.31. The molecule has 1 heterocycles. The smallest absolute Gasteiger partial charge is 0.317 e. The lowest BCUT2D eigenvalue weighted by Crippen LogP contribution is -2.46. The van der Waals surface area contributed by atoms with Gasteiger partial charge in [-0.15, -0.1) is 0 Å². The quantitative estimate of drug-likeness (QED) is 0.886. The summed E-state index contributed by atoms with van der Waals surface area (Å²) in [4.78, 5) is 17.0. The molecule has 144 valence electrons. The molecular formula is C21H32FN3O. The number of benzene rings is 1. The van der Waals surface area contributed by atoms with Crippen LogP contribution in [0.5, 0.6) is 0 Å². The summed E-state index contributed by atoms with van der Waals surface area (Å²) >= 11 is 0. The number of amides is 2. The SMILES string of the molecule is CN(C)[C@H]1CCCN(C(=O)NCC2(c3ccc(F)cc3)CCCC2)CC1. The Morgan fingerprint density at radius 2 is 1.85 bits per heavy atom. The van der Waals surface area contributed by atoms with E-state index in [4.69, 9.17) is 0 Å². The van der Waals surface area contributed by atoms with E-state index in [1.54, 1.807) is 0 Å². The van der Waals surface area contributed by atoms with Gasteiger partial charge in [0.15, 0.2) is 0 Å². The van der Waals surface area contributed by atoms with Crippen LogP contribution in [0.2, 0.25) is 0 Å². The number of nitrogens with one attached hydrogen (secondary N) is 1. The van der Waals surface area contributed by atoms with Crippen LogP contribution in [-0.2, 0) is 5.41 Å². The standard InChI is InChI=1S/C21H32FN3O/c1-24(2)19-6-5-14-25(15-11-19)20(26)23-16-21(12-3-4-13-21)17-7-9-18(22)10-8-17/h7-10,19H,3-6,11-16H2,1-2H3,(H,23,26)/t19-/m0/s1. The van der Waals surface area contributed by atoms with Crippen LogP contribution in [0.4, 0.5) is 9.18 Å². The fourth-order valence-corrected chi connectivity index (χ4v) is 4.58. The molecule has 1 aliphatic carbocycles. The van der Waals surface area contributed by atoms with E-state index in [9.17, 15) is 9.18 Å². The highest BCUT2D eigenvalue weighted by Gasteiger charge is 2.36. The number of likely N-dealkylation sites (tertiary alicyclic amines) is 1. The van der Waals surface area contributed by atoms with Gasteiger partial charge >= 0.3 is 6.03 Å². The number of halogens is 1. The Kier molecular flexibility index (Phi) is 6.17. The maximum absolute atomic E-state index is 13.3. The monoisotopic (exact) mass is 361 g/mol. The highest BCUT2D eigenvalue weighted by molar-refractivity contribution is 5.74. The lowest BCUT2D eigenvalue weighted by molar-refractivity contribution is 0.194. The van der Waals surface area contributed by atoms with Crippen LogP contribution >= 0.6 is 0 Å². The van der Waals surface area contributed by atoms with Crippen LogP contribution in [0.15, 0.2) is 24.3 Å². The van der Waals surface area contributed by atoms with E-state index in [2.05, 4.69) is 24.3 Å². The third-order valence-corrected chi connectivity index (χ3v) is 6.31. The van der Waals surface area contributed by atoms with Gasteiger partial charge in [-0.3, -0.25) is 0 Å². The molecule has 1 atom stereocenters. The van der Waals surface area contributed by atoms with Crippen molar-refractivity contribution in [3.05, 3.63) is 35.6 Å². The summed E-state index contributed by atoms with van der Waals surface area (Å²) in [6.45, 7) is 2.29. The van der Waals surface area contributed by atoms with Gasteiger partial charge in [0.05, 0.1) is 0 Å². The minimum absolute atomic E-state index is 0.0403. The average Bonchev–Trinajstić information content (AvgIpc) is 2.97. The fraction of sp³-hybridized carbons (Fsp3) is 0.667. The Hall–Kier alpha value is -1.62. The van der Waals surface area contributed by atoms with E-state index < -0.39 is 0 Å². The molecule has 0 bridgehead atoms. The first kappa shape index (κ1) is 19.2. The van der Waals surface area contributed by atoms with Gasteiger partial charge in [-0.1, -0.05) is 25.0 Å². The van der Waals surface area contributed by atoms with E-state index in [0.29, 0.717) is 12.6 Å². The molecular weight excluding hydrogens is 329 g/mol. The molecule has 1 aromatic carbocycles. The molecule has 5 heteroatoms. The number of carbonyl (C=O) groups is 1. The summed E-state index contributed by atoms with van der Waals surface area (Å²) in [6, 6.07) is 7.47. The zero-order chi connectivity index (χ0) is 18.6. The van der Waals surface area contributed by atoms with Crippen LogP contribution in [0.1, 0.15) is 50.5 Å². The minimum atomic E-state index is -0.203. The Labute approximate surface area is 156 Å². The molecule has 2 amide bonds. The Bertz CT molecular complexity index is 596. The molecule has 26 heavy (non-hydrogen) atoms. The number of rotatable bonds is 4. The summed E-state index contributed by atoms with van der Waals surface area (Å²) < 4.78 is 13.3. The topological polar surface area (TPSA) is 35.6 Å². The second-order valence-electron chi connectivity index (χ2n) is 8.19. The van der Waals surface area contributed by atoms with Crippen molar-refractivity contribution in [2.45, 2.75) is 56.4 Å². The molecule has 1 aromatic rings. The number of nitrogens with zero attached hydrogens (tertiary/aromatic N) is 2. The van der Waals surface area contributed by atoms with Crippen molar-refractivity contribution < 1.29 is 9.18 Å². The molecule has 2 fully saturated rings. The normalized spacial score (nSPS) is 23.1. The predicted molar refractivity (Wildman–Crippen MR) is 103 cm³/mol. The largest absolute Gasteiger partial charge is 0.337 e. The molecule has 4 nitrogen and oxygen atoms in total. The molecule has 0 aromatic heterocycles. The van der Waals surface area contributed by atoms with E-state index in [1.165, 1.54) is 25.0 Å². The molecule has 1 saturated carbocycles. The Balaban J connectivity index is 1.61. The van der Waals surface area contributed by atoms with Crippen molar-refractivity contribution in [2.75, 3.05) is 33.7 Å². The molecule has 1 aliphatic heterocycles. The molecule has 3 rings (SSSR count). The summed E-state index contributed by atoms with van der Waals surface area (Å²) in [5, 5.41) is 3.20.